The summed E-state index contributed by atoms with van der Waals surface area (Å²) in [6.45, 7) is 3.70. The maximum absolute atomic E-state index is 8.89. The number of ether oxygens (including phenoxy) is 2. The highest BCUT2D eigenvalue weighted by Gasteiger charge is 2.04. The summed E-state index contributed by atoms with van der Waals surface area (Å²) in [4.78, 5) is 2.25. The Balaban J connectivity index is 2.22. The fourth-order valence-corrected chi connectivity index (χ4v) is 2.07. The molecule has 5 heteroatoms. The highest BCUT2D eigenvalue weighted by molar-refractivity contribution is 5.31. The van der Waals surface area contributed by atoms with Crippen LogP contribution < -0.4 is 9.47 Å². The molecule has 0 aliphatic carbocycles. The highest BCUT2D eigenvalue weighted by Crippen LogP contribution is 2.17. The molecule has 2 N–H and O–H groups in total. The maximum atomic E-state index is 8.89. The van der Waals surface area contributed by atoms with Crippen molar-refractivity contribution in [3.05, 3.63) is 24.3 Å². The van der Waals surface area contributed by atoms with Crippen LogP contribution in [0.15, 0.2) is 24.3 Å². The smallest absolute Gasteiger partial charge is 0.119 e. The van der Waals surface area contributed by atoms with Gasteiger partial charge in [0.15, 0.2) is 0 Å². The summed E-state index contributed by atoms with van der Waals surface area (Å²) in [6, 6.07) is 7.55. The minimum atomic E-state index is 0.206. The minimum Gasteiger partial charge on any atom is -0.497 e. The van der Waals surface area contributed by atoms with Crippen molar-refractivity contribution in [3.8, 4) is 11.5 Å². The number of hydrogen-bond acceptors (Lipinski definition) is 5. The molecule has 0 heterocycles. The summed E-state index contributed by atoms with van der Waals surface area (Å²) in [5, 5.41) is 17.8. The summed E-state index contributed by atoms with van der Waals surface area (Å²) < 4.78 is 10.8. The van der Waals surface area contributed by atoms with Crippen LogP contribution in [0.2, 0.25) is 0 Å². The van der Waals surface area contributed by atoms with E-state index < -0.39 is 0 Å². The van der Waals surface area contributed by atoms with Crippen LogP contribution in [0.5, 0.6) is 11.5 Å². The van der Waals surface area contributed by atoms with Gasteiger partial charge in [0, 0.05) is 32.8 Å². The summed E-state index contributed by atoms with van der Waals surface area (Å²) in [7, 11) is 1.64. The number of rotatable bonds is 12. The van der Waals surface area contributed by atoms with Crippen LogP contribution in [0.1, 0.15) is 19.3 Å². The zero-order chi connectivity index (χ0) is 15.3. The van der Waals surface area contributed by atoms with Crippen LogP contribution in [0.25, 0.3) is 0 Å². The highest BCUT2D eigenvalue weighted by atomic mass is 16.5. The van der Waals surface area contributed by atoms with Crippen LogP contribution in [0.3, 0.4) is 0 Å². The molecule has 0 saturated heterocycles. The monoisotopic (exact) mass is 297 g/mol. The Morgan fingerprint density at radius 1 is 0.857 bits per heavy atom. The third-order valence-corrected chi connectivity index (χ3v) is 3.21. The molecule has 1 rings (SSSR count). The molecule has 0 aromatic heterocycles. The Kier molecular flexibility index (Phi) is 9.61. The molecular formula is C16H27NO4. The van der Waals surface area contributed by atoms with Gasteiger partial charge in [-0.1, -0.05) is 0 Å². The van der Waals surface area contributed by atoms with E-state index in [2.05, 4.69) is 4.90 Å². The molecule has 0 atom stereocenters. The number of benzene rings is 1. The third-order valence-electron chi connectivity index (χ3n) is 3.21. The van der Waals surface area contributed by atoms with Gasteiger partial charge in [-0.3, -0.25) is 0 Å². The molecule has 21 heavy (non-hydrogen) atoms. The van der Waals surface area contributed by atoms with Gasteiger partial charge in [0.25, 0.3) is 0 Å². The van der Waals surface area contributed by atoms with Gasteiger partial charge in [0.05, 0.1) is 13.7 Å². The van der Waals surface area contributed by atoms with E-state index in [9.17, 15) is 0 Å². The molecule has 0 radical (unpaired) electrons. The van der Waals surface area contributed by atoms with Crippen molar-refractivity contribution in [2.45, 2.75) is 19.3 Å². The lowest BCUT2D eigenvalue weighted by atomic mass is 10.3. The molecule has 0 spiro atoms. The first-order valence-corrected chi connectivity index (χ1v) is 7.51. The molecule has 0 fully saturated rings. The fourth-order valence-electron chi connectivity index (χ4n) is 2.07. The second kappa shape index (κ2) is 11.4. The molecule has 0 amide bonds. The lowest BCUT2D eigenvalue weighted by molar-refractivity contribution is 0.189. The van der Waals surface area contributed by atoms with E-state index in [0.29, 0.717) is 6.61 Å². The van der Waals surface area contributed by atoms with Gasteiger partial charge in [0.1, 0.15) is 11.5 Å². The van der Waals surface area contributed by atoms with Crippen LogP contribution in [0, 0.1) is 0 Å². The van der Waals surface area contributed by atoms with Crippen molar-refractivity contribution < 1.29 is 19.7 Å². The summed E-state index contributed by atoms with van der Waals surface area (Å²) >= 11 is 0. The predicted octanol–water partition coefficient (Wildman–Crippen LogP) is 1.53. The Morgan fingerprint density at radius 3 is 1.90 bits per heavy atom. The number of hydrogen-bond donors (Lipinski definition) is 2. The number of aliphatic hydroxyl groups is 2. The van der Waals surface area contributed by atoms with Crippen LogP contribution in [-0.2, 0) is 0 Å². The molecule has 1 aromatic rings. The molecule has 0 aliphatic rings. The van der Waals surface area contributed by atoms with E-state index in [1.165, 1.54) is 0 Å². The van der Waals surface area contributed by atoms with Gasteiger partial charge in [-0.2, -0.15) is 0 Å². The first-order valence-electron chi connectivity index (χ1n) is 7.51. The predicted molar refractivity (Wildman–Crippen MR) is 83.0 cm³/mol. The van der Waals surface area contributed by atoms with Crippen LogP contribution >= 0.6 is 0 Å². The standard InChI is InChI=1S/C16H27NO4/c1-20-15-5-7-16(8-6-15)21-14-4-11-17(9-2-12-18)10-3-13-19/h5-8,18-19H,2-4,9-14H2,1H3. The molecule has 5 nitrogen and oxygen atoms in total. The zero-order valence-electron chi connectivity index (χ0n) is 12.8. The van der Waals surface area contributed by atoms with Crippen molar-refractivity contribution in [1.82, 2.24) is 4.90 Å². The Labute approximate surface area is 127 Å². The Hall–Kier alpha value is -1.30. The zero-order valence-corrected chi connectivity index (χ0v) is 12.8. The maximum Gasteiger partial charge on any atom is 0.119 e. The van der Waals surface area contributed by atoms with Gasteiger partial charge >= 0.3 is 0 Å². The number of nitrogens with zero attached hydrogens (tertiary/aromatic N) is 1. The SMILES string of the molecule is COc1ccc(OCCCN(CCCO)CCCO)cc1. The van der Waals surface area contributed by atoms with E-state index in [0.717, 1.165) is 50.4 Å². The fraction of sp³-hybridized carbons (Fsp3) is 0.625. The van der Waals surface area contributed by atoms with E-state index in [-0.39, 0.29) is 13.2 Å². The van der Waals surface area contributed by atoms with E-state index in [4.69, 9.17) is 19.7 Å². The molecular weight excluding hydrogens is 270 g/mol. The summed E-state index contributed by atoms with van der Waals surface area (Å²) in [5.74, 6) is 1.66. The Morgan fingerprint density at radius 2 is 1.38 bits per heavy atom. The largest absolute Gasteiger partial charge is 0.497 e. The second-order valence-corrected chi connectivity index (χ2v) is 4.87. The topological polar surface area (TPSA) is 62.2 Å². The quantitative estimate of drug-likeness (QED) is 0.573. The minimum absolute atomic E-state index is 0.206. The van der Waals surface area contributed by atoms with Crippen molar-refractivity contribution in [1.29, 1.82) is 0 Å². The van der Waals surface area contributed by atoms with Crippen LogP contribution in [-0.4, -0.2) is 61.7 Å². The second-order valence-electron chi connectivity index (χ2n) is 4.87. The first kappa shape index (κ1) is 17.8. The van der Waals surface area contributed by atoms with E-state index >= 15 is 0 Å². The van der Waals surface area contributed by atoms with Gasteiger partial charge in [-0.25, -0.2) is 0 Å². The Bertz CT molecular complexity index is 348. The molecule has 1 aromatic carbocycles. The first-order chi connectivity index (χ1) is 10.3. The van der Waals surface area contributed by atoms with E-state index in [1.807, 2.05) is 24.3 Å². The summed E-state index contributed by atoms with van der Waals surface area (Å²) in [5.41, 5.74) is 0. The normalized spacial score (nSPS) is 10.9. The van der Waals surface area contributed by atoms with Crippen LogP contribution in [0.4, 0.5) is 0 Å². The molecule has 0 aliphatic heterocycles. The average Bonchev–Trinajstić information content (AvgIpc) is 2.53. The van der Waals surface area contributed by atoms with E-state index in [1.54, 1.807) is 7.11 Å². The van der Waals surface area contributed by atoms with Gasteiger partial charge in [-0.05, 0) is 43.5 Å². The number of aliphatic hydroxyl groups excluding tert-OH is 2. The molecule has 0 saturated carbocycles. The van der Waals surface area contributed by atoms with Crippen molar-refractivity contribution in [2.24, 2.45) is 0 Å². The van der Waals surface area contributed by atoms with Gasteiger partial charge in [0.2, 0.25) is 0 Å². The lowest BCUT2D eigenvalue weighted by Gasteiger charge is -2.21. The van der Waals surface area contributed by atoms with Gasteiger partial charge < -0.3 is 24.6 Å². The van der Waals surface area contributed by atoms with Crippen molar-refractivity contribution in [3.63, 3.8) is 0 Å². The third kappa shape index (κ3) is 7.90. The molecule has 0 bridgehead atoms. The van der Waals surface area contributed by atoms with Gasteiger partial charge in [-0.15, -0.1) is 0 Å². The average molecular weight is 297 g/mol. The van der Waals surface area contributed by atoms with Crippen molar-refractivity contribution >= 4 is 0 Å². The summed E-state index contributed by atoms with van der Waals surface area (Å²) in [6.07, 6.45) is 2.46. The molecule has 120 valence electrons. The molecule has 0 unspecified atom stereocenters. The number of methoxy groups -OCH3 is 1. The van der Waals surface area contributed by atoms with Crippen molar-refractivity contribution in [2.75, 3.05) is 46.6 Å². The lowest BCUT2D eigenvalue weighted by Crippen LogP contribution is -2.29.